The second kappa shape index (κ2) is 3.79. The van der Waals surface area contributed by atoms with E-state index in [1.54, 1.807) is 6.92 Å². The lowest BCUT2D eigenvalue weighted by Crippen LogP contribution is -2.01. The fraction of sp³-hybridized carbons (Fsp3) is 0.200. The third-order valence-electron chi connectivity index (χ3n) is 1.89. The predicted octanol–water partition coefficient (Wildman–Crippen LogP) is 1.20. The molecule has 0 aliphatic heterocycles. The van der Waals surface area contributed by atoms with E-state index in [1.165, 1.54) is 12.1 Å². The number of hydrogen-bond acceptors (Lipinski definition) is 3. The summed E-state index contributed by atoms with van der Waals surface area (Å²) < 4.78 is 0. The molecule has 0 fully saturated rings. The lowest BCUT2D eigenvalue weighted by molar-refractivity contribution is -0.136. The molecule has 1 rings (SSSR count). The first-order valence-electron chi connectivity index (χ1n) is 3.99. The summed E-state index contributed by atoms with van der Waals surface area (Å²) >= 11 is 0. The van der Waals surface area contributed by atoms with Crippen LogP contribution in [0, 0.1) is 18.3 Å². The Bertz CT molecular complexity index is 418. The van der Waals surface area contributed by atoms with Gasteiger partial charge in [-0.2, -0.15) is 5.26 Å². The number of aromatic hydroxyl groups is 1. The molecule has 72 valence electrons. The number of carboxylic acid groups (broad SMARTS) is 1. The van der Waals surface area contributed by atoms with Gasteiger partial charge in [-0.25, -0.2) is 0 Å². The molecule has 4 nitrogen and oxygen atoms in total. The zero-order chi connectivity index (χ0) is 10.7. The average Bonchev–Trinajstić information content (AvgIpc) is 2.09. The molecule has 2 N–H and O–H groups in total. The largest absolute Gasteiger partial charge is 0.508 e. The molecule has 0 aromatic heterocycles. The molecule has 0 atom stereocenters. The van der Waals surface area contributed by atoms with E-state index in [0.29, 0.717) is 11.1 Å². The summed E-state index contributed by atoms with van der Waals surface area (Å²) in [6.45, 7) is 1.68. The number of phenols is 1. The topological polar surface area (TPSA) is 81.3 Å². The van der Waals surface area contributed by atoms with Crippen LogP contribution in [0.3, 0.4) is 0 Å². The average molecular weight is 191 g/mol. The van der Waals surface area contributed by atoms with E-state index in [4.69, 9.17) is 10.4 Å². The van der Waals surface area contributed by atoms with Crippen molar-refractivity contribution in [3.63, 3.8) is 0 Å². The van der Waals surface area contributed by atoms with Crippen LogP contribution in [-0.4, -0.2) is 16.2 Å². The quantitative estimate of drug-likeness (QED) is 0.735. The highest BCUT2D eigenvalue weighted by molar-refractivity contribution is 5.71. The van der Waals surface area contributed by atoms with E-state index in [9.17, 15) is 9.90 Å². The van der Waals surface area contributed by atoms with Gasteiger partial charge >= 0.3 is 5.97 Å². The molecule has 0 amide bonds. The van der Waals surface area contributed by atoms with Gasteiger partial charge in [0, 0.05) is 5.56 Å². The number of aryl methyl sites for hydroxylation is 1. The molecule has 0 saturated heterocycles. The summed E-state index contributed by atoms with van der Waals surface area (Å²) in [7, 11) is 0. The molecular weight excluding hydrogens is 182 g/mol. The van der Waals surface area contributed by atoms with Crippen molar-refractivity contribution in [3.8, 4) is 11.8 Å². The van der Waals surface area contributed by atoms with E-state index in [-0.39, 0.29) is 17.7 Å². The van der Waals surface area contributed by atoms with Crippen molar-refractivity contribution in [1.82, 2.24) is 0 Å². The van der Waals surface area contributed by atoms with Gasteiger partial charge in [0.25, 0.3) is 0 Å². The summed E-state index contributed by atoms with van der Waals surface area (Å²) in [6.07, 6.45) is -0.277. The molecule has 0 aliphatic rings. The molecule has 4 heteroatoms. The molecule has 1 aromatic carbocycles. The number of rotatable bonds is 2. The van der Waals surface area contributed by atoms with Gasteiger partial charge in [-0.05, 0) is 24.6 Å². The summed E-state index contributed by atoms with van der Waals surface area (Å²) in [4.78, 5) is 10.4. The molecule has 0 radical (unpaired) electrons. The number of carboxylic acids is 1. The molecule has 0 heterocycles. The Morgan fingerprint density at radius 3 is 2.71 bits per heavy atom. The second-order valence-electron chi connectivity index (χ2n) is 2.98. The Hall–Kier alpha value is -2.02. The molecule has 0 unspecified atom stereocenters. The first-order valence-corrected chi connectivity index (χ1v) is 3.99. The monoisotopic (exact) mass is 191 g/mol. The van der Waals surface area contributed by atoms with Crippen LogP contribution < -0.4 is 0 Å². The van der Waals surface area contributed by atoms with Crippen LogP contribution >= 0.6 is 0 Å². The third kappa shape index (κ3) is 2.02. The Kier molecular flexibility index (Phi) is 2.73. The molecule has 0 bridgehead atoms. The minimum atomic E-state index is -1.03. The van der Waals surface area contributed by atoms with Crippen molar-refractivity contribution in [2.45, 2.75) is 13.3 Å². The maximum Gasteiger partial charge on any atom is 0.307 e. The molecule has 0 saturated carbocycles. The fourth-order valence-corrected chi connectivity index (χ4v) is 1.16. The summed E-state index contributed by atoms with van der Waals surface area (Å²) in [5.41, 5.74) is 1.29. The van der Waals surface area contributed by atoms with E-state index >= 15 is 0 Å². The van der Waals surface area contributed by atoms with Crippen LogP contribution in [0.5, 0.6) is 5.75 Å². The zero-order valence-corrected chi connectivity index (χ0v) is 7.61. The van der Waals surface area contributed by atoms with Crippen molar-refractivity contribution < 1.29 is 15.0 Å². The predicted molar refractivity (Wildman–Crippen MR) is 48.9 cm³/mol. The molecule has 0 spiro atoms. The first-order chi connectivity index (χ1) is 6.54. The summed E-state index contributed by atoms with van der Waals surface area (Å²) in [6, 6.07) is 4.73. The van der Waals surface area contributed by atoms with Gasteiger partial charge in [-0.1, -0.05) is 0 Å². The highest BCUT2D eigenvalue weighted by atomic mass is 16.4. The van der Waals surface area contributed by atoms with Gasteiger partial charge in [-0.15, -0.1) is 0 Å². The number of phenolic OH excluding ortho intramolecular Hbond substituents is 1. The van der Waals surface area contributed by atoms with Gasteiger partial charge in [-0.3, -0.25) is 4.79 Å². The molecule has 14 heavy (non-hydrogen) atoms. The molecular formula is C10H9NO3. The maximum absolute atomic E-state index is 10.4. The van der Waals surface area contributed by atoms with Gasteiger partial charge in [0.2, 0.25) is 0 Å². The van der Waals surface area contributed by atoms with Crippen LogP contribution in [0.25, 0.3) is 0 Å². The van der Waals surface area contributed by atoms with Crippen LogP contribution in [0.1, 0.15) is 16.7 Å². The summed E-state index contributed by atoms with van der Waals surface area (Å²) in [5.74, 6) is -1.11. The standard InChI is InChI=1S/C10H9NO3/c1-6-2-9(12)7(4-10(13)14)3-8(6)5-11/h2-3,12H,4H2,1H3,(H,13,14). The maximum atomic E-state index is 10.4. The van der Waals surface area contributed by atoms with Gasteiger partial charge in [0.05, 0.1) is 18.1 Å². The van der Waals surface area contributed by atoms with Crippen molar-refractivity contribution in [2.24, 2.45) is 0 Å². The second-order valence-corrected chi connectivity index (χ2v) is 2.98. The van der Waals surface area contributed by atoms with Crippen LogP contribution in [0.15, 0.2) is 12.1 Å². The van der Waals surface area contributed by atoms with Crippen molar-refractivity contribution >= 4 is 5.97 Å². The van der Waals surface area contributed by atoms with E-state index < -0.39 is 5.97 Å². The Morgan fingerprint density at radius 1 is 1.57 bits per heavy atom. The van der Waals surface area contributed by atoms with Crippen molar-refractivity contribution in [1.29, 1.82) is 5.26 Å². The van der Waals surface area contributed by atoms with Crippen LogP contribution in [-0.2, 0) is 11.2 Å². The zero-order valence-electron chi connectivity index (χ0n) is 7.61. The minimum absolute atomic E-state index is 0.0797. The highest BCUT2D eigenvalue weighted by Gasteiger charge is 2.09. The van der Waals surface area contributed by atoms with Crippen molar-refractivity contribution in [2.75, 3.05) is 0 Å². The first kappa shape index (κ1) is 10.1. The molecule has 0 aliphatic carbocycles. The third-order valence-corrected chi connectivity index (χ3v) is 1.89. The number of nitriles is 1. The Balaban J connectivity index is 3.19. The van der Waals surface area contributed by atoms with E-state index in [0.717, 1.165) is 0 Å². The van der Waals surface area contributed by atoms with Crippen molar-refractivity contribution in [3.05, 3.63) is 28.8 Å². The fourth-order valence-electron chi connectivity index (χ4n) is 1.16. The molecule has 1 aromatic rings. The number of benzene rings is 1. The Labute approximate surface area is 81.0 Å². The highest BCUT2D eigenvalue weighted by Crippen LogP contribution is 2.22. The summed E-state index contributed by atoms with van der Waals surface area (Å²) in [5, 5.41) is 26.6. The van der Waals surface area contributed by atoms with E-state index in [2.05, 4.69) is 0 Å². The van der Waals surface area contributed by atoms with Crippen LogP contribution in [0.4, 0.5) is 0 Å². The van der Waals surface area contributed by atoms with Gasteiger partial charge in [0.1, 0.15) is 5.75 Å². The number of carbonyl (C=O) groups is 1. The normalized spacial score (nSPS) is 9.43. The minimum Gasteiger partial charge on any atom is -0.508 e. The SMILES string of the molecule is Cc1cc(O)c(CC(=O)O)cc1C#N. The van der Waals surface area contributed by atoms with Gasteiger partial charge in [0.15, 0.2) is 0 Å². The number of aliphatic carboxylic acids is 1. The van der Waals surface area contributed by atoms with Crippen LogP contribution in [0.2, 0.25) is 0 Å². The number of hydrogen-bond donors (Lipinski definition) is 2. The smallest absolute Gasteiger partial charge is 0.307 e. The number of nitrogens with zero attached hydrogens (tertiary/aromatic N) is 1. The van der Waals surface area contributed by atoms with E-state index in [1.807, 2.05) is 6.07 Å². The lowest BCUT2D eigenvalue weighted by atomic mass is 10.0. The Morgan fingerprint density at radius 2 is 2.21 bits per heavy atom. The van der Waals surface area contributed by atoms with Gasteiger partial charge < -0.3 is 10.2 Å². The lowest BCUT2D eigenvalue weighted by Gasteiger charge is -2.04.